The van der Waals surface area contributed by atoms with Crippen LogP contribution in [0.25, 0.3) is 0 Å². The summed E-state index contributed by atoms with van der Waals surface area (Å²) in [6.07, 6.45) is 3.17. The van der Waals surface area contributed by atoms with E-state index in [1.807, 2.05) is 36.9 Å². The van der Waals surface area contributed by atoms with E-state index < -0.39 is 0 Å². The molecule has 1 amide bonds. The summed E-state index contributed by atoms with van der Waals surface area (Å²) >= 11 is 0. The first-order valence-corrected chi connectivity index (χ1v) is 9.01. The van der Waals surface area contributed by atoms with Crippen molar-refractivity contribution >= 4 is 5.91 Å². The van der Waals surface area contributed by atoms with Crippen LogP contribution in [-0.4, -0.2) is 28.8 Å². The lowest BCUT2D eigenvalue weighted by Gasteiger charge is -2.14. The second-order valence-corrected chi connectivity index (χ2v) is 6.89. The second-order valence-electron chi connectivity index (χ2n) is 6.89. The Hall–Kier alpha value is -2.30. The average molecular weight is 341 g/mol. The number of para-hydroxylation sites is 1. The molecule has 0 aliphatic carbocycles. The summed E-state index contributed by atoms with van der Waals surface area (Å²) in [5.74, 6) is 1.52. The minimum Gasteiger partial charge on any atom is -0.493 e. The van der Waals surface area contributed by atoms with Gasteiger partial charge in [-0.3, -0.25) is 9.48 Å². The number of fused-ring (bicyclic) bond motifs is 1. The fourth-order valence-corrected chi connectivity index (χ4v) is 3.50. The lowest BCUT2D eigenvalue weighted by Crippen LogP contribution is -2.30. The number of ether oxygens (including phenoxy) is 1. The molecule has 1 atom stereocenters. The Bertz CT molecular complexity index is 751. The van der Waals surface area contributed by atoms with Crippen molar-refractivity contribution < 1.29 is 9.53 Å². The van der Waals surface area contributed by atoms with Gasteiger partial charge in [0.25, 0.3) is 0 Å². The molecular formula is C20H27N3O2. The topological polar surface area (TPSA) is 56.2 Å². The van der Waals surface area contributed by atoms with Crippen molar-refractivity contribution in [2.24, 2.45) is 13.0 Å². The van der Waals surface area contributed by atoms with E-state index in [4.69, 9.17) is 4.74 Å². The summed E-state index contributed by atoms with van der Waals surface area (Å²) in [7, 11) is 1.94. The van der Waals surface area contributed by atoms with Crippen molar-refractivity contribution in [2.75, 3.05) is 13.2 Å². The average Bonchev–Trinajstić information content (AvgIpc) is 2.77. The molecule has 5 heteroatoms. The molecule has 134 valence electrons. The first kappa shape index (κ1) is 17.5. The number of benzene rings is 1. The van der Waals surface area contributed by atoms with Gasteiger partial charge in [0.15, 0.2) is 0 Å². The van der Waals surface area contributed by atoms with Crippen molar-refractivity contribution in [1.82, 2.24) is 15.1 Å². The van der Waals surface area contributed by atoms with Gasteiger partial charge in [-0.05, 0) is 56.2 Å². The van der Waals surface area contributed by atoms with Crippen LogP contribution < -0.4 is 10.1 Å². The van der Waals surface area contributed by atoms with Crippen molar-refractivity contribution in [1.29, 1.82) is 0 Å². The third kappa shape index (κ3) is 4.21. The van der Waals surface area contributed by atoms with E-state index in [0.717, 1.165) is 36.4 Å². The molecule has 1 N–H and O–H groups in total. The maximum absolute atomic E-state index is 12.3. The molecule has 3 rings (SSSR count). The van der Waals surface area contributed by atoms with Gasteiger partial charge >= 0.3 is 0 Å². The van der Waals surface area contributed by atoms with Gasteiger partial charge in [0, 0.05) is 25.7 Å². The molecule has 1 unspecified atom stereocenters. The maximum atomic E-state index is 12.3. The Morgan fingerprint density at radius 3 is 2.92 bits per heavy atom. The molecule has 0 fully saturated rings. The van der Waals surface area contributed by atoms with Crippen LogP contribution in [0.2, 0.25) is 0 Å². The Balaban J connectivity index is 1.49. The van der Waals surface area contributed by atoms with E-state index in [1.165, 1.54) is 11.1 Å². The van der Waals surface area contributed by atoms with Gasteiger partial charge < -0.3 is 10.1 Å². The third-order valence-corrected chi connectivity index (χ3v) is 5.11. The smallest absolute Gasteiger partial charge is 0.220 e. The zero-order valence-corrected chi connectivity index (χ0v) is 15.3. The van der Waals surface area contributed by atoms with Crippen LogP contribution in [0.5, 0.6) is 5.75 Å². The summed E-state index contributed by atoms with van der Waals surface area (Å²) in [6, 6.07) is 8.18. The zero-order chi connectivity index (χ0) is 17.8. The molecule has 0 saturated carbocycles. The fraction of sp³-hybridized carbons (Fsp3) is 0.500. The number of rotatable bonds is 5. The van der Waals surface area contributed by atoms with E-state index in [2.05, 4.69) is 23.4 Å². The highest BCUT2D eigenvalue weighted by atomic mass is 16.5. The molecule has 25 heavy (non-hydrogen) atoms. The van der Waals surface area contributed by atoms with Crippen LogP contribution in [0.1, 0.15) is 35.4 Å². The number of hydrogen-bond acceptors (Lipinski definition) is 3. The molecule has 1 aliphatic rings. The van der Waals surface area contributed by atoms with Gasteiger partial charge in [-0.1, -0.05) is 18.2 Å². The van der Waals surface area contributed by atoms with Gasteiger partial charge in [-0.15, -0.1) is 0 Å². The highest BCUT2D eigenvalue weighted by Gasteiger charge is 2.18. The molecule has 0 bridgehead atoms. The molecule has 0 radical (unpaired) electrons. The van der Waals surface area contributed by atoms with E-state index in [-0.39, 0.29) is 5.91 Å². The Morgan fingerprint density at radius 2 is 2.16 bits per heavy atom. The zero-order valence-electron chi connectivity index (χ0n) is 15.3. The fourth-order valence-electron chi connectivity index (χ4n) is 3.50. The van der Waals surface area contributed by atoms with E-state index in [9.17, 15) is 4.79 Å². The summed E-state index contributed by atoms with van der Waals surface area (Å²) in [4.78, 5) is 12.3. The highest BCUT2D eigenvalue weighted by Crippen LogP contribution is 2.26. The Morgan fingerprint density at radius 1 is 1.36 bits per heavy atom. The number of carbonyl (C=O) groups is 1. The second kappa shape index (κ2) is 7.72. The van der Waals surface area contributed by atoms with Gasteiger partial charge in [-0.2, -0.15) is 5.10 Å². The quantitative estimate of drug-likeness (QED) is 0.910. The third-order valence-electron chi connectivity index (χ3n) is 5.11. The molecule has 1 aliphatic heterocycles. The number of nitrogens with zero attached hydrogens (tertiary/aromatic N) is 2. The van der Waals surface area contributed by atoms with E-state index >= 15 is 0 Å². The van der Waals surface area contributed by atoms with Gasteiger partial charge in [0.05, 0.1) is 12.3 Å². The molecule has 2 aromatic rings. The predicted molar refractivity (Wildman–Crippen MR) is 97.8 cm³/mol. The van der Waals surface area contributed by atoms with Crippen LogP contribution in [0.4, 0.5) is 0 Å². The normalized spacial score (nSPS) is 16.7. The standard InChI is InChI=1S/C20H27N3O2/c1-14-18(15(2)23(3)22-14)8-9-20(24)21-13-16-10-11-25-19-7-5-4-6-17(19)12-16/h4-7,16H,8-13H2,1-3H3,(H,21,24). The summed E-state index contributed by atoms with van der Waals surface area (Å²) in [5, 5.41) is 7.52. The minimum absolute atomic E-state index is 0.112. The lowest BCUT2D eigenvalue weighted by molar-refractivity contribution is -0.121. The number of amides is 1. The highest BCUT2D eigenvalue weighted by molar-refractivity contribution is 5.76. The molecule has 2 heterocycles. The van der Waals surface area contributed by atoms with E-state index in [0.29, 0.717) is 25.5 Å². The van der Waals surface area contributed by atoms with Gasteiger partial charge in [-0.25, -0.2) is 0 Å². The first-order chi connectivity index (χ1) is 12.0. The predicted octanol–water partition coefficient (Wildman–Crippen LogP) is 2.73. The van der Waals surface area contributed by atoms with Crippen LogP contribution >= 0.6 is 0 Å². The van der Waals surface area contributed by atoms with E-state index in [1.54, 1.807) is 0 Å². The molecule has 5 nitrogen and oxygen atoms in total. The Kier molecular flexibility index (Phi) is 5.41. The lowest BCUT2D eigenvalue weighted by atomic mass is 9.97. The van der Waals surface area contributed by atoms with Crippen molar-refractivity contribution in [3.8, 4) is 5.75 Å². The first-order valence-electron chi connectivity index (χ1n) is 9.01. The molecule has 1 aromatic carbocycles. The molecule has 0 saturated heterocycles. The number of aryl methyl sites for hydroxylation is 2. The van der Waals surface area contributed by atoms with Crippen LogP contribution in [0.15, 0.2) is 24.3 Å². The van der Waals surface area contributed by atoms with Crippen molar-refractivity contribution in [3.05, 3.63) is 46.8 Å². The molecule has 0 spiro atoms. The Labute approximate surface area is 149 Å². The van der Waals surface area contributed by atoms with Crippen molar-refractivity contribution in [2.45, 2.75) is 39.5 Å². The SMILES string of the molecule is Cc1nn(C)c(C)c1CCC(=O)NCC1CCOc2ccccc2C1. The van der Waals surface area contributed by atoms with Gasteiger partial charge in [0.1, 0.15) is 5.75 Å². The van der Waals surface area contributed by atoms with Crippen molar-refractivity contribution in [3.63, 3.8) is 0 Å². The monoisotopic (exact) mass is 341 g/mol. The number of nitrogens with one attached hydrogen (secondary N) is 1. The maximum Gasteiger partial charge on any atom is 0.220 e. The van der Waals surface area contributed by atoms with Gasteiger partial charge in [0.2, 0.25) is 5.91 Å². The number of hydrogen-bond donors (Lipinski definition) is 1. The summed E-state index contributed by atoms with van der Waals surface area (Å²) in [5.41, 5.74) is 4.59. The minimum atomic E-state index is 0.112. The number of carbonyl (C=O) groups excluding carboxylic acids is 1. The molecule has 1 aromatic heterocycles. The van der Waals surface area contributed by atoms with Crippen LogP contribution in [0, 0.1) is 19.8 Å². The summed E-state index contributed by atoms with van der Waals surface area (Å²) in [6.45, 7) is 5.48. The summed E-state index contributed by atoms with van der Waals surface area (Å²) < 4.78 is 7.68. The van der Waals surface area contributed by atoms with Crippen LogP contribution in [-0.2, 0) is 24.7 Å². The van der Waals surface area contributed by atoms with Crippen LogP contribution in [0.3, 0.4) is 0 Å². The molecular weight excluding hydrogens is 314 g/mol. The largest absolute Gasteiger partial charge is 0.493 e. The number of aromatic nitrogens is 2.